The Morgan fingerprint density at radius 3 is 2.00 bits per heavy atom. The molecule has 268 valence electrons. The zero-order chi connectivity index (χ0) is 36.2. The summed E-state index contributed by atoms with van der Waals surface area (Å²) in [6, 6.07) is 8.68. The summed E-state index contributed by atoms with van der Waals surface area (Å²) in [7, 11) is 4.57. The minimum atomic E-state index is -1.05. The molecule has 0 radical (unpaired) electrons. The molecule has 49 heavy (non-hydrogen) atoms. The second kappa shape index (κ2) is 18.1. The molecule has 2 aromatic carbocycles. The van der Waals surface area contributed by atoms with E-state index in [0.717, 1.165) is 5.56 Å². The molecule has 0 aromatic heterocycles. The van der Waals surface area contributed by atoms with Gasteiger partial charge >= 0.3 is 0 Å². The SMILES string of the molecule is COc1ccc(C[C@@H]2NC(=O)[C@H](CC(C)C)NC(=O)CN(C(=O)Cc3ccc(OC)c(OC)c3)C[C@H](C(C)C)NC(=O)[C@@H](C)NC2=O)cc1. The zero-order valence-corrected chi connectivity index (χ0v) is 29.8. The molecule has 1 saturated heterocycles. The lowest BCUT2D eigenvalue weighted by Crippen LogP contribution is -2.57. The van der Waals surface area contributed by atoms with Crippen molar-refractivity contribution in [2.24, 2.45) is 11.8 Å². The number of methoxy groups -OCH3 is 3. The fraction of sp³-hybridized carbons (Fsp3) is 0.528. The van der Waals surface area contributed by atoms with Gasteiger partial charge in [0.25, 0.3) is 0 Å². The maximum atomic E-state index is 13.8. The summed E-state index contributed by atoms with van der Waals surface area (Å²) in [6.07, 6.45) is 0.367. The predicted molar refractivity (Wildman–Crippen MR) is 184 cm³/mol. The first-order valence-corrected chi connectivity index (χ1v) is 16.6. The highest BCUT2D eigenvalue weighted by atomic mass is 16.5. The van der Waals surface area contributed by atoms with Gasteiger partial charge in [0.1, 0.15) is 23.9 Å². The number of amides is 5. The quantitative estimate of drug-likeness (QED) is 0.296. The van der Waals surface area contributed by atoms with Crippen LogP contribution in [0, 0.1) is 11.8 Å². The van der Waals surface area contributed by atoms with Gasteiger partial charge in [0.05, 0.1) is 34.3 Å². The molecule has 0 saturated carbocycles. The zero-order valence-electron chi connectivity index (χ0n) is 29.8. The van der Waals surface area contributed by atoms with Gasteiger partial charge < -0.3 is 40.4 Å². The molecule has 4 atom stereocenters. The van der Waals surface area contributed by atoms with Crippen LogP contribution in [0.1, 0.15) is 52.2 Å². The molecule has 0 unspecified atom stereocenters. The van der Waals surface area contributed by atoms with Crippen LogP contribution in [0.4, 0.5) is 0 Å². The molecule has 1 aliphatic rings. The summed E-state index contributed by atoms with van der Waals surface area (Å²) in [5, 5.41) is 11.3. The number of benzene rings is 2. The maximum Gasteiger partial charge on any atom is 0.243 e. The number of ether oxygens (including phenoxy) is 3. The molecule has 5 amide bonds. The van der Waals surface area contributed by atoms with Crippen molar-refractivity contribution in [3.05, 3.63) is 53.6 Å². The van der Waals surface area contributed by atoms with Gasteiger partial charge in [0.15, 0.2) is 11.5 Å². The van der Waals surface area contributed by atoms with Gasteiger partial charge in [-0.25, -0.2) is 0 Å². The van der Waals surface area contributed by atoms with Crippen LogP contribution in [0.3, 0.4) is 0 Å². The Kier molecular flexibility index (Phi) is 14.3. The molecular formula is C36H51N5O8. The van der Waals surface area contributed by atoms with Crippen LogP contribution >= 0.6 is 0 Å². The monoisotopic (exact) mass is 681 g/mol. The number of rotatable bonds is 10. The van der Waals surface area contributed by atoms with Gasteiger partial charge in [-0.1, -0.05) is 45.9 Å². The fourth-order valence-corrected chi connectivity index (χ4v) is 5.47. The second-order valence-electron chi connectivity index (χ2n) is 13.1. The van der Waals surface area contributed by atoms with E-state index >= 15 is 0 Å². The van der Waals surface area contributed by atoms with Crippen LogP contribution in [-0.2, 0) is 36.8 Å². The molecule has 1 heterocycles. The Morgan fingerprint density at radius 2 is 1.41 bits per heavy atom. The number of hydrogen-bond donors (Lipinski definition) is 4. The van der Waals surface area contributed by atoms with Crippen LogP contribution in [-0.4, -0.2) is 93.0 Å². The van der Waals surface area contributed by atoms with E-state index < -0.39 is 47.8 Å². The van der Waals surface area contributed by atoms with Gasteiger partial charge in [0, 0.05) is 19.0 Å². The minimum absolute atomic E-state index is 0.0157. The number of hydrogen-bond acceptors (Lipinski definition) is 8. The van der Waals surface area contributed by atoms with Crippen LogP contribution < -0.4 is 35.5 Å². The van der Waals surface area contributed by atoms with E-state index in [1.807, 2.05) is 27.7 Å². The third kappa shape index (κ3) is 11.4. The maximum absolute atomic E-state index is 13.8. The topological polar surface area (TPSA) is 164 Å². The molecule has 1 fully saturated rings. The van der Waals surface area contributed by atoms with E-state index in [-0.39, 0.29) is 43.7 Å². The summed E-state index contributed by atoms with van der Waals surface area (Å²) >= 11 is 0. The van der Waals surface area contributed by atoms with Crippen molar-refractivity contribution in [1.82, 2.24) is 26.2 Å². The number of carbonyl (C=O) groups excluding carboxylic acids is 5. The van der Waals surface area contributed by atoms with Gasteiger partial charge in [-0.3, -0.25) is 24.0 Å². The molecular weight excluding hydrogens is 630 g/mol. The second-order valence-corrected chi connectivity index (χ2v) is 13.1. The van der Waals surface area contributed by atoms with E-state index in [1.54, 1.807) is 56.5 Å². The number of nitrogens with zero attached hydrogens (tertiary/aromatic N) is 1. The summed E-state index contributed by atoms with van der Waals surface area (Å²) < 4.78 is 15.9. The average Bonchev–Trinajstić information content (AvgIpc) is 3.06. The van der Waals surface area contributed by atoms with E-state index in [1.165, 1.54) is 19.1 Å². The highest BCUT2D eigenvalue weighted by Gasteiger charge is 2.32. The Morgan fingerprint density at radius 1 is 0.776 bits per heavy atom. The van der Waals surface area contributed by atoms with Crippen molar-refractivity contribution in [2.75, 3.05) is 34.4 Å². The molecule has 13 nitrogen and oxygen atoms in total. The van der Waals surface area contributed by atoms with Crippen molar-refractivity contribution in [3.8, 4) is 17.2 Å². The van der Waals surface area contributed by atoms with Crippen molar-refractivity contribution in [1.29, 1.82) is 0 Å². The lowest BCUT2D eigenvalue weighted by molar-refractivity contribution is -0.137. The Hall–Kier alpha value is -4.81. The summed E-state index contributed by atoms with van der Waals surface area (Å²) in [4.78, 5) is 69.5. The standard InChI is InChI=1S/C36H51N5O8/c1-21(2)15-27-36(46)39-28(16-24-9-12-26(47-6)13-10-24)35(45)37-23(5)34(44)40-29(22(3)4)19-41(20-32(42)38-27)33(43)18-25-11-14-30(48-7)31(17-25)49-8/h9-14,17,21-23,27-29H,15-16,18-20H2,1-8H3,(H,37,45)(H,38,42)(H,39,46)(H,40,44)/t23-,27+,28+,29-/m1/s1. The Balaban J connectivity index is 1.97. The third-order valence-electron chi connectivity index (χ3n) is 8.38. The van der Waals surface area contributed by atoms with E-state index in [2.05, 4.69) is 21.3 Å². The van der Waals surface area contributed by atoms with Gasteiger partial charge in [-0.05, 0) is 60.6 Å². The highest BCUT2D eigenvalue weighted by Crippen LogP contribution is 2.28. The van der Waals surface area contributed by atoms with Gasteiger partial charge in [-0.2, -0.15) is 0 Å². The first-order chi connectivity index (χ1) is 23.2. The van der Waals surface area contributed by atoms with Crippen molar-refractivity contribution in [3.63, 3.8) is 0 Å². The lowest BCUT2D eigenvalue weighted by Gasteiger charge is -2.31. The number of nitrogens with one attached hydrogen (secondary N) is 4. The van der Waals surface area contributed by atoms with Crippen LogP contribution in [0.15, 0.2) is 42.5 Å². The molecule has 0 spiro atoms. The van der Waals surface area contributed by atoms with E-state index in [9.17, 15) is 24.0 Å². The van der Waals surface area contributed by atoms with Crippen molar-refractivity contribution in [2.45, 2.75) is 78.0 Å². The summed E-state index contributed by atoms with van der Waals surface area (Å²) in [5.41, 5.74) is 1.39. The lowest BCUT2D eigenvalue weighted by atomic mass is 10.0. The predicted octanol–water partition coefficient (Wildman–Crippen LogP) is 2.00. The molecule has 4 N–H and O–H groups in total. The van der Waals surface area contributed by atoms with Gasteiger partial charge in [0.2, 0.25) is 29.5 Å². The molecule has 13 heteroatoms. The van der Waals surface area contributed by atoms with Crippen LogP contribution in [0.5, 0.6) is 17.2 Å². The summed E-state index contributed by atoms with van der Waals surface area (Å²) in [5.74, 6) is -0.993. The number of carbonyl (C=O) groups is 5. The fourth-order valence-electron chi connectivity index (χ4n) is 5.47. The average molecular weight is 682 g/mol. The molecule has 3 rings (SSSR count). The minimum Gasteiger partial charge on any atom is -0.497 e. The molecule has 0 aliphatic carbocycles. The first kappa shape index (κ1) is 38.6. The van der Waals surface area contributed by atoms with Gasteiger partial charge in [-0.15, -0.1) is 0 Å². The van der Waals surface area contributed by atoms with Crippen molar-refractivity contribution < 1.29 is 38.2 Å². The van der Waals surface area contributed by atoms with E-state index in [0.29, 0.717) is 29.2 Å². The van der Waals surface area contributed by atoms with E-state index in [4.69, 9.17) is 14.2 Å². The Labute approximate surface area is 288 Å². The molecule has 2 aromatic rings. The highest BCUT2D eigenvalue weighted by molar-refractivity contribution is 5.95. The van der Waals surface area contributed by atoms with Crippen LogP contribution in [0.25, 0.3) is 0 Å². The smallest absolute Gasteiger partial charge is 0.243 e. The normalized spacial score (nSPS) is 21.1. The molecule has 1 aliphatic heterocycles. The van der Waals surface area contributed by atoms with Crippen molar-refractivity contribution >= 4 is 29.5 Å². The third-order valence-corrected chi connectivity index (χ3v) is 8.38. The van der Waals surface area contributed by atoms with Crippen LogP contribution in [0.2, 0.25) is 0 Å². The largest absolute Gasteiger partial charge is 0.497 e. The first-order valence-electron chi connectivity index (χ1n) is 16.6. The summed E-state index contributed by atoms with van der Waals surface area (Å²) in [6.45, 7) is 8.85. The molecule has 0 bridgehead atoms. The Bertz CT molecular complexity index is 1460.